The van der Waals surface area contributed by atoms with Gasteiger partial charge in [-0.2, -0.15) is 18.3 Å². The van der Waals surface area contributed by atoms with Crippen LogP contribution in [0.4, 0.5) is 13.2 Å². The van der Waals surface area contributed by atoms with E-state index in [0.29, 0.717) is 25.6 Å². The van der Waals surface area contributed by atoms with Gasteiger partial charge in [0.25, 0.3) is 5.91 Å². The van der Waals surface area contributed by atoms with Crippen molar-refractivity contribution in [2.45, 2.75) is 31.6 Å². The minimum absolute atomic E-state index is 0.0751. The molecule has 0 bridgehead atoms. The van der Waals surface area contributed by atoms with Crippen molar-refractivity contribution in [3.8, 4) is 10.6 Å². The van der Waals surface area contributed by atoms with Crippen LogP contribution in [0.25, 0.3) is 10.6 Å². The van der Waals surface area contributed by atoms with Crippen LogP contribution in [0.3, 0.4) is 0 Å². The zero-order valence-electron chi connectivity index (χ0n) is 15.6. The van der Waals surface area contributed by atoms with Gasteiger partial charge in [0.05, 0.1) is 15.8 Å². The summed E-state index contributed by atoms with van der Waals surface area (Å²) in [7, 11) is 0. The molecule has 1 aliphatic heterocycles. The largest absolute Gasteiger partial charge is 0.477 e. The molecule has 31 heavy (non-hydrogen) atoms. The van der Waals surface area contributed by atoms with E-state index in [1.54, 1.807) is 18.2 Å². The molecule has 0 aliphatic carbocycles. The molecular weight excluding hydrogens is 461 g/mol. The summed E-state index contributed by atoms with van der Waals surface area (Å²) in [6.07, 6.45) is -4.56. The van der Waals surface area contributed by atoms with Gasteiger partial charge in [-0.15, -0.1) is 11.3 Å². The number of carboxylic acid groups (broad SMARTS) is 1. The molecule has 1 amide bonds. The maximum Gasteiger partial charge on any atom is 0.408 e. The highest BCUT2D eigenvalue weighted by molar-refractivity contribution is 7.19. The number of amides is 1. The lowest BCUT2D eigenvalue weighted by atomic mass is 10.2. The third-order valence-electron chi connectivity index (χ3n) is 4.80. The van der Waals surface area contributed by atoms with Crippen molar-refractivity contribution in [2.24, 2.45) is 0 Å². The maximum atomic E-state index is 13.2. The van der Waals surface area contributed by atoms with Crippen LogP contribution in [0.5, 0.6) is 0 Å². The molecule has 3 aromatic heterocycles. The number of carbonyl (C=O) groups is 2. The number of carboxylic acids is 1. The summed E-state index contributed by atoms with van der Waals surface area (Å²) in [4.78, 5) is 25.6. The first kappa shape index (κ1) is 21.4. The van der Waals surface area contributed by atoms with Crippen molar-refractivity contribution < 1.29 is 32.4 Å². The predicted molar refractivity (Wildman–Crippen MR) is 103 cm³/mol. The standard InChI is InChI=1S/C18H14ClF3N4O4S/c19-15-4-3-13(31-15)12-6-9(24-30-12)8-26-11(17(28)29)7-10(23-26)16(27)25-5-1-2-14(25)18(20,21)22/h3-4,6-7,14H,1-2,5,8H2,(H,28,29). The Bertz CT molecular complexity index is 1140. The van der Waals surface area contributed by atoms with Crippen molar-refractivity contribution >= 4 is 34.8 Å². The summed E-state index contributed by atoms with van der Waals surface area (Å²) in [6.45, 7) is -0.228. The van der Waals surface area contributed by atoms with Crippen molar-refractivity contribution in [2.75, 3.05) is 6.54 Å². The van der Waals surface area contributed by atoms with Crippen LogP contribution in [0.15, 0.2) is 28.8 Å². The highest BCUT2D eigenvalue weighted by atomic mass is 35.5. The summed E-state index contributed by atoms with van der Waals surface area (Å²) >= 11 is 7.16. The minimum atomic E-state index is -4.56. The zero-order chi connectivity index (χ0) is 22.3. The lowest BCUT2D eigenvalue weighted by Gasteiger charge is -2.25. The fourth-order valence-electron chi connectivity index (χ4n) is 3.41. The highest BCUT2D eigenvalue weighted by Gasteiger charge is 2.48. The van der Waals surface area contributed by atoms with Gasteiger partial charge in [0.2, 0.25) is 0 Å². The smallest absolute Gasteiger partial charge is 0.408 e. The molecule has 4 rings (SSSR count). The van der Waals surface area contributed by atoms with E-state index in [4.69, 9.17) is 16.1 Å². The van der Waals surface area contributed by atoms with Crippen LogP contribution in [-0.2, 0) is 6.54 Å². The molecule has 0 radical (unpaired) electrons. The van der Waals surface area contributed by atoms with Gasteiger partial charge < -0.3 is 14.5 Å². The number of aromatic nitrogens is 3. The Balaban J connectivity index is 1.59. The SMILES string of the molecule is O=C(O)c1cc(C(=O)N2CCCC2C(F)(F)F)nn1Cc1cc(-c2ccc(Cl)s2)on1. The lowest BCUT2D eigenvalue weighted by molar-refractivity contribution is -0.169. The van der Waals surface area contributed by atoms with Gasteiger partial charge in [-0.05, 0) is 25.0 Å². The Morgan fingerprint density at radius 2 is 2.10 bits per heavy atom. The molecule has 4 heterocycles. The van der Waals surface area contributed by atoms with E-state index in [2.05, 4.69) is 10.3 Å². The first-order valence-electron chi connectivity index (χ1n) is 9.03. The van der Waals surface area contributed by atoms with E-state index in [1.807, 2.05) is 0 Å². The minimum Gasteiger partial charge on any atom is -0.477 e. The molecule has 0 aromatic carbocycles. The van der Waals surface area contributed by atoms with Crippen LogP contribution in [-0.4, -0.2) is 55.6 Å². The Hall–Kier alpha value is -2.86. The summed E-state index contributed by atoms with van der Waals surface area (Å²) in [5.74, 6) is -1.93. The molecule has 0 saturated carbocycles. The number of hydrogen-bond donors (Lipinski definition) is 1. The van der Waals surface area contributed by atoms with Gasteiger partial charge in [0, 0.05) is 18.7 Å². The number of nitrogens with zero attached hydrogens (tertiary/aromatic N) is 4. The van der Waals surface area contributed by atoms with E-state index in [9.17, 15) is 27.9 Å². The van der Waals surface area contributed by atoms with Crippen LogP contribution >= 0.6 is 22.9 Å². The Morgan fingerprint density at radius 3 is 2.74 bits per heavy atom. The number of alkyl halides is 3. The molecule has 0 spiro atoms. The third-order valence-corrected chi connectivity index (χ3v) is 6.04. The second-order valence-corrected chi connectivity index (χ2v) is 8.58. The fraction of sp³-hybridized carbons (Fsp3) is 0.333. The van der Waals surface area contributed by atoms with Crippen molar-refractivity contribution in [1.29, 1.82) is 0 Å². The number of likely N-dealkylation sites (tertiary alicyclic amines) is 1. The number of thiophene rings is 1. The van der Waals surface area contributed by atoms with Crippen molar-refractivity contribution in [3.63, 3.8) is 0 Å². The van der Waals surface area contributed by atoms with Gasteiger partial charge >= 0.3 is 12.1 Å². The second kappa shape index (κ2) is 8.00. The lowest BCUT2D eigenvalue weighted by Crippen LogP contribution is -2.44. The van der Waals surface area contributed by atoms with Crippen molar-refractivity contribution in [1.82, 2.24) is 19.8 Å². The average molecular weight is 475 g/mol. The number of rotatable bonds is 5. The van der Waals surface area contributed by atoms with Crippen LogP contribution in [0.2, 0.25) is 4.34 Å². The fourth-order valence-corrected chi connectivity index (χ4v) is 4.41. The third kappa shape index (κ3) is 4.30. The maximum absolute atomic E-state index is 13.2. The molecule has 1 fully saturated rings. The molecule has 1 aliphatic rings. The van der Waals surface area contributed by atoms with Crippen LogP contribution in [0, 0.1) is 0 Å². The molecule has 1 unspecified atom stereocenters. The molecule has 1 saturated heterocycles. The number of carbonyl (C=O) groups excluding carboxylic acids is 1. The zero-order valence-corrected chi connectivity index (χ0v) is 17.2. The number of halogens is 4. The van der Waals surface area contributed by atoms with Crippen LogP contribution < -0.4 is 0 Å². The first-order chi connectivity index (χ1) is 14.6. The molecule has 164 valence electrons. The summed E-state index contributed by atoms with van der Waals surface area (Å²) < 4.78 is 46.4. The normalized spacial score (nSPS) is 16.8. The van der Waals surface area contributed by atoms with E-state index < -0.39 is 24.1 Å². The summed E-state index contributed by atoms with van der Waals surface area (Å²) in [5, 5.41) is 17.3. The monoisotopic (exact) mass is 474 g/mol. The Morgan fingerprint density at radius 1 is 1.32 bits per heavy atom. The number of aromatic carboxylic acids is 1. The average Bonchev–Trinajstić information content (AvgIpc) is 3.47. The van der Waals surface area contributed by atoms with Gasteiger partial charge in [-0.1, -0.05) is 16.8 Å². The molecule has 3 aromatic rings. The molecule has 13 heteroatoms. The predicted octanol–water partition coefficient (Wildman–Crippen LogP) is 4.17. The molecular formula is C18H14ClF3N4O4S. The molecule has 1 N–H and O–H groups in total. The van der Waals surface area contributed by atoms with Gasteiger partial charge in [-0.3, -0.25) is 9.48 Å². The van der Waals surface area contributed by atoms with Gasteiger partial charge in [0.15, 0.2) is 11.5 Å². The Kier molecular flexibility index (Phi) is 5.52. The van der Waals surface area contributed by atoms with E-state index >= 15 is 0 Å². The van der Waals surface area contributed by atoms with E-state index in [-0.39, 0.29) is 37.3 Å². The first-order valence-corrected chi connectivity index (χ1v) is 10.2. The molecule has 1 atom stereocenters. The van der Waals surface area contributed by atoms with E-state index in [0.717, 1.165) is 10.7 Å². The van der Waals surface area contributed by atoms with Crippen molar-refractivity contribution in [3.05, 3.63) is 45.7 Å². The summed E-state index contributed by atoms with van der Waals surface area (Å²) in [6, 6.07) is 4.05. The quantitative estimate of drug-likeness (QED) is 0.595. The summed E-state index contributed by atoms with van der Waals surface area (Å²) in [5.41, 5.74) is -0.407. The van der Waals surface area contributed by atoms with Gasteiger partial charge in [0.1, 0.15) is 17.4 Å². The highest BCUT2D eigenvalue weighted by Crippen LogP contribution is 2.34. The van der Waals surface area contributed by atoms with E-state index in [1.165, 1.54) is 11.3 Å². The topological polar surface area (TPSA) is 101 Å². The molecule has 8 nitrogen and oxygen atoms in total. The Labute approximate surface area is 181 Å². The second-order valence-electron chi connectivity index (χ2n) is 6.86. The van der Waals surface area contributed by atoms with Gasteiger partial charge in [-0.25, -0.2) is 4.79 Å². The van der Waals surface area contributed by atoms with Crippen LogP contribution in [0.1, 0.15) is 39.5 Å². The number of hydrogen-bond acceptors (Lipinski definition) is 6.